The zero-order valence-electron chi connectivity index (χ0n) is 16.0. The second-order valence-electron chi connectivity index (χ2n) is 7.14. The number of carbonyl (C=O) groups excluding carboxylic acids is 1. The van der Waals surface area contributed by atoms with Crippen LogP contribution in [0.5, 0.6) is 0 Å². The van der Waals surface area contributed by atoms with Gasteiger partial charge in [0.1, 0.15) is 17.4 Å². The highest BCUT2D eigenvalue weighted by Gasteiger charge is 2.27. The van der Waals surface area contributed by atoms with Gasteiger partial charge >= 0.3 is 0 Å². The van der Waals surface area contributed by atoms with Crippen molar-refractivity contribution in [3.63, 3.8) is 0 Å². The van der Waals surface area contributed by atoms with E-state index in [4.69, 9.17) is 11.6 Å². The highest BCUT2D eigenvalue weighted by atomic mass is 35.5. The van der Waals surface area contributed by atoms with Gasteiger partial charge in [-0.3, -0.25) is 9.36 Å². The molecule has 0 aliphatic carbocycles. The number of para-hydroxylation sites is 1. The minimum Gasteiger partial charge on any atom is -0.300 e. The van der Waals surface area contributed by atoms with E-state index in [0.29, 0.717) is 17.9 Å². The lowest BCUT2D eigenvalue weighted by Crippen LogP contribution is -2.10. The van der Waals surface area contributed by atoms with E-state index >= 15 is 0 Å². The molecule has 4 nitrogen and oxygen atoms in total. The molecule has 142 valence electrons. The van der Waals surface area contributed by atoms with Gasteiger partial charge in [0.2, 0.25) is 0 Å². The largest absolute Gasteiger partial charge is 0.300 e. The summed E-state index contributed by atoms with van der Waals surface area (Å²) in [6.07, 6.45) is 4.03. The molecule has 2 heterocycles. The summed E-state index contributed by atoms with van der Waals surface area (Å²) in [6.45, 7) is 3.98. The van der Waals surface area contributed by atoms with Crippen LogP contribution in [0.25, 0.3) is 11.3 Å². The maximum absolute atomic E-state index is 12.5. The van der Waals surface area contributed by atoms with Gasteiger partial charge in [0, 0.05) is 29.3 Å². The van der Waals surface area contributed by atoms with Crippen LogP contribution in [0.4, 0.5) is 0 Å². The summed E-state index contributed by atoms with van der Waals surface area (Å²) in [4.78, 5) is 12.5. The van der Waals surface area contributed by atoms with Gasteiger partial charge in [0.05, 0.1) is 5.69 Å². The van der Waals surface area contributed by atoms with Crippen LogP contribution in [0.15, 0.2) is 54.6 Å². The van der Waals surface area contributed by atoms with Crippen molar-refractivity contribution in [3.05, 3.63) is 82.4 Å². The Bertz CT molecular complexity index is 1050. The van der Waals surface area contributed by atoms with E-state index in [1.807, 2.05) is 50.2 Å². The summed E-state index contributed by atoms with van der Waals surface area (Å²) in [5.41, 5.74) is 4.29. The van der Waals surface area contributed by atoms with Crippen LogP contribution in [-0.4, -0.2) is 20.5 Å². The second kappa shape index (κ2) is 7.72. The van der Waals surface area contributed by atoms with Crippen molar-refractivity contribution in [2.24, 2.45) is 0 Å². The molecule has 1 aliphatic rings. The lowest BCUT2D eigenvalue weighted by Gasteiger charge is -2.13. The predicted octanol–water partition coefficient (Wildman–Crippen LogP) is 5.52. The van der Waals surface area contributed by atoms with Crippen LogP contribution >= 0.6 is 11.6 Å². The Morgan fingerprint density at radius 3 is 2.61 bits per heavy atom. The number of halogens is 1. The molecule has 0 saturated heterocycles. The number of ketones is 1. The first kappa shape index (κ1) is 18.6. The number of allylic oxidation sites excluding steroid dienone is 1. The maximum atomic E-state index is 12.5. The first-order valence-electron chi connectivity index (χ1n) is 9.59. The van der Waals surface area contributed by atoms with Gasteiger partial charge in [-0.1, -0.05) is 54.9 Å². The van der Waals surface area contributed by atoms with E-state index in [1.54, 1.807) is 0 Å². The molecular weight excluding hydrogens is 370 g/mol. The molecule has 0 bridgehead atoms. The third-order valence-corrected chi connectivity index (χ3v) is 5.37. The molecule has 1 unspecified atom stereocenters. The topological polar surface area (TPSA) is 47.8 Å². The minimum absolute atomic E-state index is 0.127. The fourth-order valence-electron chi connectivity index (χ4n) is 3.84. The Labute approximate surface area is 169 Å². The molecule has 0 amide bonds. The van der Waals surface area contributed by atoms with Crippen molar-refractivity contribution in [3.8, 4) is 5.69 Å². The summed E-state index contributed by atoms with van der Waals surface area (Å²) in [5, 5.41) is 9.46. The average molecular weight is 392 g/mol. The van der Waals surface area contributed by atoms with Crippen molar-refractivity contribution in [2.75, 3.05) is 0 Å². The fraction of sp³-hybridized carbons (Fsp3) is 0.261. The zero-order valence-corrected chi connectivity index (χ0v) is 16.8. The van der Waals surface area contributed by atoms with Crippen molar-refractivity contribution in [1.29, 1.82) is 0 Å². The normalized spacial score (nSPS) is 15.4. The number of fused-ring (bicyclic) bond motifs is 3. The average Bonchev–Trinajstić information content (AvgIpc) is 3.01. The van der Waals surface area contributed by atoms with E-state index in [2.05, 4.69) is 33.0 Å². The fourth-order valence-corrected chi connectivity index (χ4v) is 3.96. The van der Waals surface area contributed by atoms with E-state index in [0.717, 1.165) is 40.5 Å². The van der Waals surface area contributed by atoms with E-state index in [9.17, 15) is 4.79 Å². The van der Waals surface area contributed by atoms with Gasteiger partial charge < -0.3 is 0 Å². The molecule has 0 saturated carbocycles. The lowest BCUT2D eigenvalue weighted by molar-refractivity contribution is -0.119. The Kier molecular flexibility index (Phi) is 5.14. The standard InChI is InChI=1S/C23H22ClN3O/c1-3-6-19(28)13-17-14-21(16-9-11-18(24)12-10-16)20-7-4-5-8-22(20)27-15(2)25-26-23(17)27/h4-5,7-12,14,17H,3,6,13H2,1-2H3. The number of benzene rings is 2. The van der Waals surface area contributed by atoms with Crippen LogP contribution in [0.1, 0.15) is 54.9 Å². The number of carbonyl (C=O) groups is 1. The molecule has 1 aromatic heterocycles. The SMILES string of the molecule is CCCC(=O)CC1C=C(c2ccc(Cl)cc2)c2ccccc2-n2c(C)nnc21. The minimum atomic E-state index is -0.127. The monoisotopic (exact) mass is 391 g/mol. The zero-order chi connectivity index (χ0) is 19.7. The number of nitrogens with zero attached hydrogens (tertiary/aromatic N) is 3. The van der Waals surface area contributed by atoms with Gasteiger partial charge in [0.15, 0.2) is 0 Å². The summed E-state index contributed by atoms with van der Waals surface area (Å²) in [5.74, 6) is 1.76. The van der Waals surface area contributed by atoms with Gasteiger partial charge in [0.25, 0.3) is 0 Å². The third kappa shape index (κ3) is 3.40. The molecule has 1 aliphatic heterocycles. The second-order valence-corrected chi connectivity index (χ2v) is 7.58. The van der Waals surface area contributed by atoms with E-state index in [1.165, 1.54) is 0 Å². The Morgan fingerprint density at radius 1 is 1.11 bits per heavy atom. The van der Waals surface area contributed by atoms with Gasteiger partial charge in [-0.25, -0.2) is 0 Å². The van der Waals surface area contributed by atoms with Crippen molar-refractivity contribution < 1.29 is 4.79 Å². The predicted molar refractivity (Wildman–Crippen MR) is 112 cm³/mol. The molecule has 1 atom stereocenters. The van der Waals surface area contributed by atoms with Crippen molar-refractivity contribution in [2.45, 2.75) is 39.0 Å². The smallest absolute Gasteiger partial charge is 0.145 e. The van der Waals surface area contributed by atoms with Crippen LogP contribution in [0.2, 0.25) is 5.02 Å². The molecule has 3 aromatic rings. The molecule has 0 fully saturated rings. The van der Waals surface area contributed by atoms with E-state index in [-0.39, 0.29) is 11.7 Å². The number of Topliss-reactive ketones (excluding diaryl/α,β-unsaturated/α-hetero) is 1. The lowest BCUT2D eigenvalue weighted by atomic mass is 9.91. The maximum Gasteiger partial charge on any atom is 0.145 e. The molecule has 2 aromatic carbocycles. The van der Waals surface area contributed by atoms with E-state index < -0.39 is 0 Å². The van der Waals surface area contributed by atoms with Gasteiger partial charge in [-0.05, 0) is 42.7 Å². The number of rotatable bonds is 5. The van der Waals surface area contributed by atoms with Crippen LogP contribution in [0, 0.1) is 6.92 Å². The number of hydrogen-bond donors (Lipinski definition) is 0. The van der Waals surface area contributed by atoms with Crippen LogP contribution in [0.3, 0.4) is 0 Å². The summed E-state index contributed by atoms with van der Waals surface area (Å²) in [7, 11) is 0. The molecule has 4 rings (SSSR count). The first-order valence-corrected chi connectivity index (χ1v) is 9.97. The number of hydrogen-bond acceptors (Lipinski definition) is 3. The molecule has 5 heteroatoms. The molecular formula is C23H22ClN3O. The summed E-state index contributed by atoms with van der Waals surface area (Å²) < 4.78 is 2.08. The summed E-state index contributed by atoms with van der Waals surface area (Å²) >= 11 is 6.11. The van der Waals surface area contributed by atoms with Crippen molar-refractivity contribution in [1.82, 2.24) is 14.8 Å². The molecule has 0 N–H and O–H groups in total. The molecule has 28 heavy (non-hydrogen) atoms. The van der Waals surface area contributed by atoms with Crippen LogP contribution < -0.4 is 0 Å². The van der Waals surface area contributed by atoms with Gasteiger partial charge in [-0.15, -0.1) is 10.2 Å². The highest BCUT2D eigenvalue weighted by molar-refractivity contribution is 6.30. The van der Waals surface area contributed by atoms with Crippen LogP contribution in [-0.2, 0) is 4.79 Å². The highest BCUT2D eigenvalue weighted by Crippen LogP contribution is 2.38. The first-order chi connectivity index (χ1) is 13.6. The summed E-state index contributed by atoms with van der Waals surface area (Å²) in [6, 6.07) is 16.1. The quantitative estimate of drug-likeness (QED) is 0.575. The van der Waals surface area contributed by atoms with Crippen molar-refractivity contribution >= 4 is 23.0 Å². The molecule has 0 spiro atoms. The Morgan fingerprint density at radius 2 is 1.86 bits per heavy atom. The number of aromatic nitrogens is 3. The third-order valence-electron chi connectivity index (χ3n) is 5.12. The van der Waals surface area contributed by atoms with Gasteiger partial charge in [-0.2, -0.15) is 0 Å². The number of aryl methyl sites for hydroxylation is 1. The molecule has 0 radical (unpaired) electrons. The Hall–Kier alpha value is -2.72. The Balaban J connectivity index is 1.92.